The summed E-state index contributed by atoms with van der Waals surface area (Å²) in [5.74, 6) is -3.30. The third kappa shape index (κ3) is 3.58. The Bertz CT molecular complexity index is 997. The standard InChI is InChI=1S/C23H22N2O5/c26-20(15-8-2-5-11-18(15)23(29)30)24-19-12-6-1-7-14(19)13-25-21(27)16-9-3-4-10-17(16)22(25)28/h1,3-4,6-7,9-10,12,15,18H,2,5,8,11,13H2,(H,24,26)(H,29,30). The first-order chi connectivity index (χ1) is 14.5. The highest BCUT2D eigenvalue weighted by Gasteiger charge is 2.37. The van der Waals surface area contributed by atoms with Gasteiger partial charge in [0.05, 0.1) is 29.5 Å². The van der Waals surface area contributed by atoms with Crippen LogP contribution in [0.5, 0.6) is 0 Å². The first kappa shape index (κ1) is 19.8. The Kier molecular flexibility index (Phi) is 5.35. The molecule has 0 radical (unpaired) electrons. The molecule has 1 aliphatic heterocycles. The van der Waals surface area contributed by atoms with Crippen LogP contribution in [-0.4, -0.2) is 33.7 Å². The number of carboxylic acid groups (broad SMARTS) is 1. The highest BCUT2D eigenvalue weighted by Crippen LogP contribution is 2.32. The minimum Gasteiger partial charge on any atom is -0.481 e. The molecule has 1 heterocycles. The van der Waals surface area contributed by atoms with Crippen molar-refractivity contribution in [1.82, 2.24) is 4.90 Å². The number of para-hydroxylation sites is 1. The van der Waals surface area contributed by atoms with E-state index in [9.17, 15) is 24.3 Å². The van der Waals surface area contributed by atoms with Gasteiger partial charge in [-0.25, -0.2) is 0 Å². The van der Waals surface area contributed by atoms with Gasteiger partial charge in [-0.15, -0.1) is 0 Å². The molecule has 2 unspecified atom stereocenters. The zero-order valence-electron chi connectivity index (χ0n) is 16.3. The molecule has 0 bridgehead atoms. The third-order valence-electron chi connectivity index (χ3n) is 5.90. The van der Waals surface area contributed by atoms with E-state index in [4.69, 9.17) is 0 Å². The lowest BCUT2D eigenvalue weighted by Gasteiger charge is -2.28. The molecule has 4 rings (SSSR count). The van der Waals surface area contributed by atoms with E-state index in [1.54, 1.807) is 48.5 Å². The molecule has 0 spiro atoms. The summed E-state index contributed by atoms with van der Waals surface area (Å²) in [6.07, 6.45) is 2.64. The number of carboxylic acids is 1. The fourth-order valence-electron chi connectivity index (χ4n) is 4.30. The van der Waals surface area contributed by atoms with Crippen LogP contribution in [0.1, 0.15) is 52.0 Å². The van der Waals surface area contributed by atoms with E-state index in [0.29, 0.717) is 35.2 Å². The van der Waals surface area contributed by atoms with Gasteiger partial charge in [0.2, 0.25) is 5.91 Å². The molecule has 154 valence electrons. The quantitative estimate of drug-likeness (QED) is 0.742. The minimum atomic E-state index is -0.950. The van der Waals surface area contributed by atoms with Gasteiger partial charge in [-0.3, -0.25) is 24.1 Å². The van der Waals surface area contributed by atoms with Crippen molar-refractivity contribution in [3.63, 3.8) is 0 Å². The number of benzene rings is 2. The summed E-state index contributed by atoms with van der Waals surface area (Å²) in [6.45, 7) is 0.0236. The van der Waals surface area contributed by atoms with Crippen LogP contribution in [0.15, 0.2) is 48.5 Å². The van der Waals surface area contributed by atoms with Crippen LogP contribution in [0.2, 0.25) is 0 Å². The van der Waals surface area contributed by atoms with Gasteiger partial charge in [-0.05, 0) is 36.6 Å². The van der Waals surface area contributed by atoms with Crippen LogP contribution >= 0.6 is 0 Å². The van der Waals surface area contributed by atoms with Crippen LogP contribution in [0.4, 0.5) is 5.69 Å². The summed E-state index contributed by atoms with van der Waals surface area (Å²) in [6, 6.07) is 13.6. The molecule has 3 amide bonds. The van der Waals surface area contributed by atoms with Gasteiger partial charge in [-0.1, -0.05) is 43.2 Å². The molecular weight excluding hydrogens is 384 g/mol. The van der Waals surface area contributed by atoms with Crippen molar-refractivity contribution in [3.8, 4) is 0 Å². The van der Waals surface area contributed by atoms with Crippen LogP contribution in [-0.2, 0) is 16.1 Å². The van der Waals surface area contributed by atoms with E-state index in [2.05, 4.69) is 5.32 Å². The number of carbonyl (C=O) groups excluding carboxylic acids is 3. The van der Waals surface area contributed by atoms with Crippen LogP contribution < -0.4 is 5.32 Å². The van der Waals surface area contributed by atoms with Gasteiger partial charge in [0.25, 0.3) is 11.8 Å². The lowest BCUT2D eigenvalue weighted by Crippen LogP contribution is -2.36. The smallest absolute Gasteiger partial charge is 0.307 e. The predicted molar refractivity (Wildman–Crippen MR) is 109 cm³/mol. The van der Waals surface area contributed by atoms with Gasteiger partial charge in [-0.2, -0.15) is 0 Å². The number of imide groups is 1. The highest BCUT2D eigenvalue weighted by atomic mass is 16.4. The van der Waals surface area contributed by atoms with Crippen molar-refractivity contribution < 1.29 is 24.3 Å². The van der Waals surface area contributed by atoms with Crippen molar-refractivity contribution in [2.75, 3.05) is 5.32 Å². The van der Waals surface area contributed by atoms with Gasteiger partial charge in [0, 0.05) is 5.69 Å². The molecule has 2 atom stereocenters. The molecule has 2 N–H and O–H groups in total. The van der Waals surface area contributed by atoms with Crippen molar-refractivity contribution in [1.29, 1.82) is 0 Å². The molecule has 0 saturated heterocycles. The Balaban J connectivity index is 1.54. The van der Waals surface area contributed by atoms with E-state index in [1.807, 2.05) is 0 Å². The lowest BCUT2D eigenvalue weighted by molar-refractivity contribution is -0.147. The van der Waals surface area contributed by atoms with Crippen LogP contribution in [0.3, 0.4) is 0 Å². The second-order valence-corrected chi connectivity index (χ2v) is 7.72. The average Bonchev–Trinajstić information content (AvgIpc) is 3.00. The van der Waals surface area contributed by atoms with Crippen molar-refractivity contribution in [3.05, 3.63) is 65.2 Å². The topological polar surface area (TPSA) is 104 Å². The zero-order chi connectivity index (χ0) is 21.3. The second kappa shape index (κ2) is 8.10. The van der Waals surface area contributed by atoms with E-state index < -0.39 is 17.8 Å². The molecule has 1 saturated carbocycles. The SMILES string of the molecule is O=C(O)C1CCCCC1C(=O)Nc1ccccc1CN1C(=O)c2ccccc2C1=O. The highest BCUT2D eigenvalue weighted by molar-refractivity contribution is 6.21. The molecule has 1 aliphatic carbocycles. The summed E-state index contributed by atoms with van der Waals surface area (Å²) in [5.41, 5.74) is 1.84. The lowest BCUT2D eigenvalue weighted by atomic mass is 9.78. The van der Waals surface area contributed by atoms with Gasteiger partial charge in [0.15, 0.2) is 0 Å². The predicted octanol–water partition coefficient (Wildman–Crippen LogP) is 3.31. The number of hydrogen-bond acceptors (Lipinski definition) is 4. The number of anilines is 1. The number of carbonyl (C=O) groups is 4. The van der Waals surface area contributed by atoms with Crippen LogP contribution in [0.25, 0.3) is 0 Å². The molecule has 7 heteroatoms. The molecule has 7 nitrogen and oxygen atoms in total. The Morgan fingerprint density at radius 2 is 1.47 bits per heavy atom. The maximum Gasteiger partial charge on any atom is 0.307 e. The van der Waals surface area contributed by atoms with E-state index >= 15 is 0 Å². The summed E-state index contributed by atoms with van der Waals surface area (Å²) < 4.78 is 0. The van der Waals surface area contributed by atoms with E-state index in [1.165, 1.54) is 0 Å². The van der Waals surface area contributed by atoms with Crippen molar-refractivity contribution in [2.45, 2.75) is 32.2 Å². The molecule has 2 aromatic rings. The molecule has 30 heavy (non-hydrogen) atoms. The second-order valence-electron chi connectivity index (χ2n) is 7.72. The molecular formula is C23H22N2O5. The Hall–Kier alpha value is -3.48. The summed E-state index contributed by atoms with van der Waals surface area (Å²) in [4.78, 5) is 50.9. The Labute approximate surface area is 173 Å². The van der Waals surface area contributed by atoms with E-state index in [0.717, 1.165) is 17.7 Å². The van der Waals surface area contributed by atoms with Crippen LogP contribution in [0, 0.1) is 11.8 Å². The number of rotatable bonds is 5. The number of aliphatic carboxylic acids is 1. The number of nitrogens with zero attached hydrogens (tertiary/aromatic N) is 1. The number of amides is 3. The summed E-state index contributed by atoms with van der Waals surface area (Å²) >= 11 is 0. The fourth-order valence-corrected chi connectivity index (χ4v) is 4.30. The Morgan fingerprint density at radius 1 is 0.900 bits per heavy atom. The Morgan fingerprint density at radius 3 is 2.10 bits per heavy atom. The maximum absolute atomic E-state index is 12.9. The largest absolute Gasteiger partial charge is 0.481 e. The summed E-state index contributed by atoms with van der Waals surface area (Å²) in [5, 5.41) is 12.3. The summed E-state index contributed by atoms with van der Waals surface area (Å²) in [7, 11) is 0. The minimum absolute atomic E-state index is 0.0236. The fraction of sp³-hybridized carbons (Fsp3) is 0.304. The monoisotopic (exact) mass is 406 g/mol. The number of hydrogen-bond donors (Lipinski definition) is 2. The van der Waals surface area contributed by atoms with Gasteiger partial charge < -0.3 is 10.4 Å². The average molecular weight is 406 g/mol. The number of nitrogens with one attached hydrogen (secondary N) is 1. The molecule has 2 aromatic carbocycles. The molecule has 1 fully saturated rings. The maximum atomic E-state index is 12.9. The van der Waals surface area contributed by atoms with Gasteiger partial charge >= 0.3 is 5.97 Å². The first-order valence-electron chi connectivity index (χ1n) is 10.0. The normalized spacial score (nSPS) is 20.7. The van der Waals surface area contributed by atoms with Crippen molar-refractivity contribution >= 4 is 29.4 Å². The molecule has 2 aliphatic rings. The zero-order valence-corrected chi connectivity index (χ0v) is 16.3. The molecule has 0 aromatic heterocycles. The van der Waals surface area contributed by atoms with E-state index in [-0.39, 0.29) is 24.3 Å². The van der Waals surface area contributed by atoms with Gasteiger partial charge in [0.1, 0.15) is 0 Å². The van der Waals surface area contributed by atoms with Crippen molar-refractivity contribution in [2.24, 2.45) is 11.8 Å². The first-order valence-corrected chi connectivity index (χ1v) is 10.0. The number of fused-ring (bicyclic) bond motifs is 1. The third-order valence-corrected chi connectivity index (χ3v) is 5.90.